The molecule has 0 fully saturated rings. The summed E-state index contributed by atoms with van der Waals surface area (Å²) in [6, 6.07) is 0. The van der Waals surface area contributed by atoms with Crippen molar-refractivity contribution in [2.24, 2.45) is 0 Å². The lowest BCUT2D eigenvalue weighted by Crippen LogP contribution is -2.37. The Morgan fingerprint density at radius 2 is 1.14 bits per heavy atom. The van der Waals surface area contributed by atoms with Gasteiger partial charge in [0.1, 0.15) is 19.8 Å². The van der Waals surface area contributed by atoms with Gasteiger partial charge < -0.3 is 27.9 Å². The zero-order valence-electron chi connectivity index (χ0n) is 32.6. The first-order chi connectivity index (χ1) is 24.0. The second kappa shape index (κ2) is 33.1. The van der Waals surface area contributed by atoms with Gasteiger partial charge in [0.15, 0.2) is 6.10 Å². The Kier molecular flexibility index (Phi) is 31.9. The van der Waals surface area contributed by atoms with Crippen LogP contribution < -0.4 is 4.89 Å². The van der Waals surface area contributed by atoms with E-state index in [0.29, 0.717) is 17.4 Å². The van der Waals surface area contributed by atoms with E-state index < -0.39 is 32.5 Å². The Bertz CT molecular complexity index is 959. The van der Waals surface area contributed by atoms with Crippen LogP contribution in [-0.4, -0.2) is 70.0 Å². The van der Waals surface area contributed by atoms with Crippen molar-refractivity contribution in [3.05, 3.63) is 36.5 Å². The van der Waals surface area contributed by atoms with Crippen molar-refractivity contribution < 1.29 is 42.1 Å². The van der Waals surface area contributed by atoms with E-state index in [9.17, 15) is 19.0 Å². The molecule has 0 aromatic carbocycles. The van der Waals surface area contributed by atoms with E-state index in [1.807, 2.05) is 21.1 Å². The SMILES string of the molecule is CC/C=C\C/C=C\C/C=C\CCCCCCCC(=O)O[C@H](COC(=O)CCCCCCCCCCCCC)COP(=O)([O-])OCC[N+](C)(C)C. The van der Waals surface area contributed by atoms with Crippen LogP contribution in [0.5, 0.6) is 0 Å². The predicted molar refractivity (Wildman–Crippen MR) is 204 cm³/mol. The van der Waals surface area contributed by atoms with Crippen LogP contribution >= 0.6 is 7.82 Å². The van der Waals surface area contributed by atoms with Crippen LogP contribution in [-0.2, 0) is 32.7 Å². The van der Waals surface area contributed by atoms with Gasteiger partial charge >= 0.3 is 11.9 Å². The molecule has 0 aliphatic carbocycles. The number of rotatable bonds is 35. The largest absolute Gasteiger partial charge is 0.756 e. The second-order valence-corrected chi connectivity index (χ2v) is 15.7. The number of carbonyl (C=O) groups excluding carboxylic acids is 2. The number of hydrogen-bond donors (Lipinski definition) is 0. The first-order valence-corrected chi connectivity index (χ1v) is 21.2. The Morgan fingerprint density at radius 1 is 0.640 bits per heavy atom. The molecule has 0 saturated carbocycles. The van der Waals surface area contributed by atoms with Gasteiger partial charge in [-0.3, -0.25) is 14.2 Å². The Morgan fingerprint density at radius 3 is 1.70 bits per heavy atom. The molecule has 10 heteroatoms. The third-order valence-electron chi connectivity index (χ3n) is 8.17. The minimum atomic E-state index is -4.62. The molecule has 0 aliphatic rings. The van der Waals surface area contributed by atoms with Crippen LogP contribution in [0.2, 0.25) is 0 Å². The average Bonchev–Trinajstić information content (AvgIpc) is 3.06. The molecule has 0 heterocycles. The monoisotopic (exact) mass is 728 g/mol. The normalized spacial score (nSPS) is 14.1. The minimum absolute atomic E-state index is 0.0342. The van der Waals surface area contributed by atoms with E-state index in [0.717, 1.165) is 70.6 Å². The van der Waals surface area contributed by atoms with Crippen LogP contribution in [0.4, 0.5) is 0 Å². The average molecular weight is 728 g/mol. The fourth-order valence-electron chi connectivity index (χ4n) is 5.08. The summed E-state index contributed by atoms with van der Waals surface area (Å²) in [5.41, 5.74) is 0. The van der Waals surface area contributed by atoms with E-state index in [1.54, 1.807) is 0 Å². The maximum atomic E-state index is 12.6. The molecule has 0 radical (unpaired) electrons. The van der Waals surface area contributed by atoms with Crippen molar-refractivity contribution in [3.63, 3.8) is 0 Å². The minimum Gasteiger partial charge on any atom is -0.756 e. The topological polar surface area (TPSA) is 111 Å². The maximum Gasteiger partial charge on any atom is 0.306 e. The quantitative estimate of drug-likeness (QED) is 0.0209. The first kappa shape index (κ1) is 48.2. The van der Waals surface area contributed by atoms with Gasteiger partial charge in [-0.2, -0.15) is 0 Å². The number of quaternary nitrogens is 1. The third kappa shape index (κ3) is 36.0. The highest BCUT2D eigenvalue weighted by atomic mass is 31.2. The van der Waals surface area contributed by atoms with Crippen molar-refractivity contribution >= 4 is 19.8 Å². The number of phosphoric acid groups is 1. The fraction of sp³-hybridized carbons (Fsp3) is 0.800. The summed E-state index contributed by atoms with van der Waals surface area (Å²) in [4.78, 5) is 37.3. The molecule has 0 N–H and O–H groups in total. The number of nitrogens with zero attached hydrogens (tertiary/aromatic N) is 1. The molecule has 2 atom stereocenters. The van der Waals surface area contributed by atoms with E-state index in [2.05, 4.69) is 50.3 Å². The summed E-state index contributed by atoms with van der Waals surface area (Å²) in [6.07, 6.45) is 34.5. The van der Waals surface area contributed by atoms with Crippen LogP contribution in [0.15, 0.2) is 36.5 Å². The molecule has 0 spiro atoms. The summed E-state index contributed by atoms with van der Waals surface area (Å²) in [5.74, 6) is -0.856. The van der Waals surface area contributed by atoms with Gasteiger partial charge in [0.05, 0.1) is 27.7 Å². The van der Waals surface area contributed by atoms with Crippen LogP contribution in [0.1, 0.15) is 155 Å². The summed E-state index contributed by atoms with van der Waals surface area (Å²) in [5, 5.41) is 0. The molecule has 1 unspecified atom stereocenters. The molecule has 0 amide bonds. The van der Waals surface area contributed by atoms with Gasteiger partial charge in [-0.15, -0.1) is 0 Å². The molecular formula is C40H74NO8P. The summed E-state index contributed by atoms with van der Waals surface area (Å²) >= 11 is 0. The predicted octanol–water partition coefficient (Wildman–Crippen LogP) is 9.94. The lowest BCUT2D eigenvalue weighted by Gasteiger charge is -2.28. The van der Waals surface area contributed by atoms with Crippen molar-refractivity contribution in [2.75, 3.05) is 47.5 Å². The molecule has 0 aliphatic heterocycles. The Balaban J connectivity index is 4.45. The number of allylic oxidation sites excluding steroid dienone is 6. The van der Waals surface area contributed by atoms with Gasteiger partial charge in [0.25, 0.3) is 7.82 Å². The summed E-state index contributed by atoms with van der Waals surface area (Å²) in [6.45, 7) is 4.07. The van der Waals surface area contributed by atoms with Crippen LogP contribution in [0.3, 0.4) is 0 Å². The van der Waals surface area contributed by atoms with Gasteiger partial charge in [0.2, 0.25) is 0 Å². The van der Waals surface area contributed by atoms with Crippen molar-refractivity contribution in [2.45, 2.75) is 161 Å². The summed E-state index contributed by atoms with van der Waals surface area (Å²) < 4.78 is 33.7. The number of hydrogen-bond acceptors (Lipinski definition) is 8. The second-order valence-electron chi connectivity index (χ2n) is 14.3. The lowest BCUT2D eigenvalue weighted by molar-refractivity contribution is -0.870. The maximum absolute atomic E-state index is 12.6. The molecule has 0 bridgehead atoms. The van der Waals surface area contributed by atoms with Crippen LogP contribution in [0.25, 0.3) is 0 Å². The molecule has 0 saturated heterocycles. The highest BCUT2D eigenvalue weighted by Crippen LogP contribution is 2.38. The fourth-order valence-corrected chi connectivity index (χ4v) is 5.81. The van der Waals surface area contributed by atoms with E-state index >= 15 is 0 Å². The summed E-state index contributed by atoms with van der Waals surface area (Å²) in [7, 11) is 1.15. The molecule has 9 nitrogen and oxygen atoms in total. The number of phosphoric ester groups is 1. The standard InChI is InChI=1S/C40H74NO8P/c1-6-8-10-12-14-16-18-19-20-21-23-25-27-29-31-33-40(43)49-38(37-48-50(44,45)47-35-34-41(3,4)5)36-46-39(42)32-30-28-26-24-22-17-15-13-11-9-7-2/h8,10,14,16,19-20,38H,6-7,9,11-13,15,17-18,21-37H2,1-5H3/b10-8-,16-14-,20-19-/t38-/m1/s1. The lowest BCUT2D eigenvalue weighted by atomic mass is 10.1. The number of unbranched alkanes of at least 4 members (excludes halogenated alkanes) is 15. The Hall–Kier alpha value is -1.77. The van der Waals surface area contributed by atoms with E-state index in [1.165, 1.54) is 51.4 Å². The molecule has 292 valence electrons. The zero-order chi connectivity index (χ0) is 37.2. The Labute approximate surface area is 306 Å². The van der Waals surface area contributed by atoms with E-state index in [4.69, 9.17) is 18.5 Å². The van der Waals surface area contributed by atoms with Crippen LogP contribution in [0, 0.1) is 0 Å². The number of carbonyl (C=O) groups is 2. The number of ether oxygens (including phenoxy) is 2. The third-order valence-corrected chi connectivity index (χ3v) is 9.14. The zero-order valence-corrected chi connectivity index (χ0v) is 33.5. The molecule has 0 aromatic rings. The number of esters is 2. The molecule has 0 aromatic heterocycles. The highest BCUT2D eigenvalue weighted by Gasteiger charge is 2.21. The molecular weight excluding hydrogens is 653 g/mol. The molecule has 50 heavy (non-hydrogen) atoms. The highest BCUT2D eigenvalue weighted by molar-refractivity contribution is 7.45. The van der Waals surface area contributed by atoms with Gasteiger partial charge in [-0.1, -0.05) is 134 Å². The van der Waals surface area contributed by atoms with Gasteiger partial charge in [0, 0.05) is 12.8 Å². The van der Waals surface area contributed by atoms with Gasteiger partial charge in [-0.25, -0.2) is 0 Å². The van der Waals surface area contributed by atoms with E-state index in [-0.39, 0.29) is 26.1 Å². The number of likely N-dealkylation sites (N-methyl/N-ethyl adjacent to an activating group) is 1. The molecule has 0 rings (SSSR count). The first-order valence-electron chi connectivity index (χ1n) is 19.7. The van der Waals surface area contributed by atoms with Crippen molar-refractivity contribution in [1.29, 1.82) is 0 Å². The van der Waals surface area contributed by atoms with Crippen molar-refractivity contribution in [1.82, 2.24) is 0 Å². The smallest absolute Gasteiger partial charge is 0.306 e. The van der Waals surface area contributed by atoms with Crippen molar-refractivity contribution in [3.8, 4) is 0 Å². The van der Waals surface area contributed by atoms with Gasteiger partial charge in [-0.05, 0) is 44.9 Å².